The molecular formula is C11H16N4O2S. The summed E-state index contributed by atoms with van der Waals surface area (Å²) in [5, 5.41) is 0. The Balaban J connectivity index is 2.93. The summed E-state index contributed by atoms with van der Waals surface area (Å²) in [6.45, 7) is 2.63. The van der Waals surface area contributed by atoms with Crippen molar-refractivity contribution in [2.45, 2.75) is 26.3 Å². The van der Waals surface area contributed by atoms with Gasteiger partial charge in [-0.2, -0.15) is 0 Å². The van der Waals surface area contributed by atoms with Gasteiger partial charge in [0, 0.05) is 20.6 Å². The van der Waals surface area contributed by atoms with Crippen molar-refractivity contribution in [3.8, 4) is 0 Å². The highest BCUT2D eigenvalue weighted by Crippen LogP contribution is 2.07. The monoisotopic (exact) mass is 268 g/mol. The van der Waals surface area contributed by atoms with Gasteiger partial charge in [-0.1, -0.05) is 13.3 Å². The van der Waals surface area contributed by atoms with Crippen LogP contribution in [0.25, 0.3) is 11.2 Å². The van der Waals surface area contributed by atoms with Gasteiger partial charge < -0.3 is 9.55 Å². The predicted octanol–water partition coefficient (Wildman–Crippen LogP) is 0.896. The zero-order chi connectivity index (χ0) is 13.4. The number of aromatic nitrogens is 4. The van der Waals surface area contributed by atoms with Crippen LogP contribution in [0.1, 0.15) is 19.8 Å². The predicted molar refractivity (Wildman–Crippen MR) is 72.5 cm³/mol. The number of aromatic amines is 1. The lowest BCUT2D eigenvalue weighted by Gasteiger charge is -2.08. The number of nitrogens with zero attached hydrogens (tertiary/aromatic N) is 3. The van der Waals surface area contributed by atoms with E-state index in [1.165, 1.54) is 7.05 Å². The molecular weight excluding hydrogens is 252 g/mol. The van der Waals surface area contributed by atoms with Crippen molar-refractivity contribution in [1.82, 2.24) is 18.7 Å². The average Bonchev–Trinajstić information content (AvgIpc) is 2.63. The Hall–Kier alpha value is -1.63. The highest BCUT2D eigenvalue weighted by Gasteiger charge is 2.14. The number of hydrogen-bond acceptors (Lipinski definition) is 3. The molecule has 0 aliphatic rings. The molecule has 0 bridgehead atoms. The van der Waals surface area contributed by atoms with Crippen LogP contribution in [-0.4, -0.2) is 18.7 Å². The van der Waals surface area contributed by atoms with Gasteiger partial charge in [0.15, 0.2) is 10.3 Å². The number of H-pyrrole nitrogens is 1. The third-order valence-corrected chi connectivity index (χ3v) is 3.50. The molecule has 0 aromatic carbocycles. The van der Waals surface area contributed by atoms with Crippen LogP contribution in [-0.2, 0) is 20.6 Å². The van der Waals surface area contributed by atoms with E-state index in [2.05, 4.69) is 11.9 Å². The second kappa shape index (κ2) is 4.56. The number of nitrogens with one attached hydrogen (secondary N) is 1. The molecule has 2 heterocycles. The molecule has 7 heteroatoms. The quantitative estimate of drug-likeness (QED) is 0.841. The summed E-state index contributed by atoms with van der Waals surface area (Å²) < 4.78 is 4.75. The van der Waals surface area contributed by atoms with Crippen molar-refractivity contribution in [3.63, 3.8) is 0 Å². The van der Waals surface area contributed by atoms with E-state index in [1.807, 2.05) is 0 Å². The molecule has 2 aromatic heterocycles. The topological polar surface area (TPSA) is 64.7 Å². The smallest absolute Gasteiger partial charge is 0.316 e. The van der Waals surface area contributed by atoms with Gasteiger partial charge >= 0.3 is 5.69 Å². The van der Waals surface area contributed by atoms with Crippen LogP contribution in [0.5, 0.6) is 0 Å². The molecule has 0 unspecified atom stereocenters. The van der Waals surface area contributed by atoms with E-state index in [0.29, 0.717) is 22.5 Å². The molecule has 0 spiro atoms. The van der Waals surface area contributed by atoms with Crippen molar-refractivity contribution < 1.29 is 0 Å². The van der Waals surface area contributed by atoms with Gasteiger partial charge in [0.2, 0.25) is 0 Å². The summed E-state index contributed by atoms with van der Waals surface area (Å²) in [5.74, 6) is 0. The fourth-order valence-corrected chi connectivity index (χ4v) is 2.18. The first-order chi connectivity index (χ1) is 8.49. The number of rotatable bonds is 3. The zero-order valence-corrected chi connectivity index (χ0v) is 11.5. The van der Waals surface area contributed by atoms with E-state index in [1.54, 1.807) is 16.2 Å². The van der Waals surface area contributed by atoms with Crippen LogP contribution in [0.4, 0.5) is 0 Å². The zero-order valence-electron chi connectivity index (χ0n) is 10.7. The minimum absolute atomic E-state index is 0.308. The lowest BCUT2D eigenvalue weighted by atomic mass is 10.3. The van der Waals surface area contributed by atoms with Crippen molar-refractivity contribution in [1.29, 1.82) is 0 Å². The Morgan fingerprint density at radius 1 is 1.22 bits per heavy atom. The van der Waals surface area contributed by atoms with Crippen LogP contribution >= 0.6 is 12.2 Å². The number of aryl methyl sites for hydroxylation is 2. The molecule has 6 nitrogen and oxygen atoms in total. The fraction of sp³-hybridized carbons (Fsp3) is 0.545. The molecule has 2 rings (SSSR count). The molecule has 98 valence electrons. The van der Waals surface area contributed by atoms with E-state index in [-0.39, 0.29) is 11.2 Å². The Bertz CT molecular complexity index is 762. The average molecular weight is 268 g/mol. The molecule has 0 saturated heterocycles. The van der Waals surface area contributed by atoms with E-state index in [9.17, 15) is 9.59 Å². The van der Waals surface area contributed by atoms with Gasteiger partial charge in [-0.15, -0.1) is 0 Å². The van der Waals surface area contributed by atoms with Crippen molar-refractivity contribution in [2.24, 2.45) is 14.1 Å². The minimum atomic E-state index is -0.322. The molecule has 0 aliphatic heterocycles. The largest absolute Gasteiger partial charge is 0.332 e. The normalized spacial score (nSPS) is 11.3. The molecule has 1 N–H and O–H groups in total. The lowest BCUT2D eigenvalue weighted by Crippen LogP contribution is -2.38. The SMILES string of the molecule is CCCCn1c(=O)n(C)c(=O)c2c1[nH]c(=S)n2C. The van der Waals surface area contributed by atoms with Crippen molar-refractivity contribution in [2.75, 3.05) is 0 Å². The van der Waals surface area contributed by atoms with Crippen LogP contribution in [0.2, 0.25) is 0 Å². The Labute approximate surface area is 108 Å². The van der Waals surface area contributed by atoms with Gasteiger partial charge in [-0.05, 0) is 18.6 Å². The highest BCUT2D eigenvalue weighted by atomic mass is 32.1. The molecule has 0 atom stereocenters. The van der Waals surface area contributed by atoms with E-state index in [0.717, 1.165) is 17.4 Å². The molecule has 0 saturated carbocycles. The second-order valence-corrected chi connectivity index (χ2v) is 4.73. The maximum atomic E-state index is 12.1. The molecule has 0 radical (unpaired) electrons. The molecule has 18 heavy (non-hydrogen) atoms. The van der Waals surface area contributed by atoms with Gasteiger partial charge in [-0.25, -0.2) is 4.79 Å². The third kappa shape index (κ3) is 1.74. The van der Waals surface area contributed by atoms with Crippen molar-refractivity contribution >= 4 is 23.4 Å². The minimum Gasteiger partial charge on any atom is -0.316 e. The number of imidazole rings is 1. The van der Waals surface area contributed by atoms with Gasteiger partial charge in [0.05, 0.1) is 0 Å². The maximum absolute atomic E-state index is 12.1. The highest BCUT2D eigenvalue weighted by molar-refractivity contribution is 7.71. The third-order valence-electron chi connectivity index (χ3n) is 3.12. The van der Waals surface area contributed by atoms with Gasteiger partial charge in [-0.3, -0.25) is 13.9 Å². The van der Waals surface area contributed by atoms with E-state index < -0.39 is 0 Å². The van der Waals surface area contributed by atoms with Gasteiger partial charge in [0.1, 0.15) is 5.65 Å². The Morgan fingerprint density at radius 2 is 1.89 bits per heavy atom. The summed E-state index contributed by atoms with van der Waals surface area (Å²) in [4.78, 5) is 27.1. The Kier molecular flexibility index (Phi) is 3.25. The summed E-state index contributed by atoms with van der Waals surface area (Å²) in [6.07, 6.45) is 1.85. The second-order valence-electron chi connectivity index (χ2n) is 4.34. The molecule has 2 aromatic rings. The van der Waals surface area contributed by atoms with Crippen LogP contribution in [0, 0.1) is 4.77 Å². The van der Waals surface area contributed by atoms with E-state index >= 15 is 0 Å². The number of hydrogen-bond donors (Lipinski definition) is 1. The number of unbranched alkanes of at least 4 members (excludes halogenated alkanes) is 1. The Morgan fingerprint density at radius 3 is 2.50 bits per heavy atom. The molecule has 0 amide bonds. The van der Waals surface area contributed by atoms with Crippen molar-refractivity contribution in [3.05, 3.63) is 25.6 Å². The van der Waals surface area contributed by atoms with Crippen LogP contribution in [0.15, 0.2) is 9.59 Å². The summed E-state index contributed by atoms with van der Waals surface area (Å²) in [6, 6.07) is 0. The lowest BCUT2D eigenvalue weighted by molar-refractivity contribution is 0.583. The summed E-state index contributed by atoms with van der Waals surface area (Å²) in [5.41, 5.74) is 0.331. The first kappa shape index (κ1) is 12.8. The first-order valence-electron chi connectivity index (χ1n) is 5.87. The molecule has 0 aliphatic carbocycles. The molecule has 0 fully saturated rings. The standard InChI is InChI=1S/C11H16N4O2S/c1-4-5-6-15-8-7(13(2)10(18)12-8)9(16)14(3)11(15)17/h4-6H2,1-3H3,(H,12,18). The first-order valence-corrected chi connectivity index (χ1v) is 6.28. The van der Waals surface area contributed by atoms with E-state index in [4.69, 9.17) is 12.2 Å². The summed E-state index contributed by atoms with van der Waals surface area (Å²) >= 11 is 5.12. The van der Waals surface area contributed by atoms with Crippen LogP contribution < -0.4 is 11.2 Å². The number of fused-ring (bicyclic) bond motifs is 1. The summed E-state index contributed by atoms with van der Waals surface area (Å²) in [7, 11) is 3.21. The van der Waals surface area contributed by atoms with Crippen LogP contribution in [0.3, 0.4) is 0 Å². The fourth-order valence-electron chi connectivity index (χ4n) is 1.99. The van der Waals surface area contributed by atoms with Gasteiger partial charge in [0.25, 0.3) is 5.56 Å². The maximum Gasteiger partial charge on any atom is 0.332 e.